The molecule has 1 N–H and O–H groups in total. The van der Waals surface area contributed by atoms with E-state index in [1.54, 1.807) is 62.3 Å². The van der Waals surface area contributed by atoms with Gasteiger partial charge in [-0.25, -0.2) is 9.40 Å². The summed E-state index contributed by atoms with van der Waals surface area (Å²) in [5.41, 5.74) is 3.59. The van der Waals surface area contributed by atoms with Crippen molar-refractivity contribution in [1.82, 2.24) is 25.1 Å². The zero-order valence-electron chi connectivity index (χ0n) is 27.0. The molecule has 2 amide bonds. The molecule has 0 radical (unpaired) electrons. The van der Waals surface area contributed by atoms with Crippen molar-refractivity contribution in [2.24, 2.45) is 5.10 Å². The van der Waals surface area contributed by atoms with Crippen LogP contribution in [0.4, 0.5) is 4.39 Å². The topological polar surface area (TPSA) is 120 Å². The van der Waals surface area contributed by atoms with Crippen molar-refractivity contribution >= 4 is 29.3 Å². The monoisotopic (exact) mass is 680 g/mol. The SMILES string of the molecule is COc1ccc(C(=O)NCc2nnc(SCC(=O)N3N=C(c4ccc(OC)cc4)CC3c3ccc(OC)cc3)n2-c2ccc(F)cc2)cc1. The highest BCUT2D eigenvalue weighted by atomic mass is 32.2. The van der Waals surface area contributed by atoms with E-state index in [0.717, 1.165) is 22.6 Å². The summed E-state index contributed by atoms with van der Waals surface area (Å²) in [7, 11) is 4.77. The molecule has 0 saturated heterocycles. The number of carbonyl (C=O) groups is 2. The zero-order chi connectivity index (χ0) is 34.3. The van der Waals surface area contributed by atoms with Crippen LogP contribution in [-0.2, 0) is 11.3 Å². The first kappa shape index (κ1) is 33.2. The van der Waals surface area contributed by atoms with Gasteiger partial charge in [-0.05, 0) is 96.1 Å². The first-order chi connectivity index (χ1) is 23.9. The highest BCUT2D eigenvalue weighted by molar-refractivity contribution is 7.99. The minimum absolute atomic E-state index is 0.0103. The zero-order valence-corrected chi connectivity index (χ0v) is 27.8. The fourth-order valence-electron chi connectivity index (χ4n) is 5.34. The molecule has 5 aromatic rings. The van der Waals surface area contributed by atoms with Gasteiger partial charge >= 0.3 is 0 Å². The van der Waals surface area contributed by atoms with Crippen LogP contribution >= 0.6 is 11.8 Å². The highest BCUT2D eigenvalue weighted by Gasteiger charge is 2.33. The van der Waals surface area contributed by atoms with E-state index in [1.807, 2.05) is 48.5 Å². The van der Waals surface area contributed by atoms with Gasteiger partial charge in [-0.3, -0.25) is 14.2 Å². The molecule has 0 spiro atoms. The second kappa shape index (κ2) is 15.0. The predicted molar refractivity (Wildman–Crippen MR) is 183 cm³/mol. The maximum atomic E-state index is 13.9. The quantitative estimate of drug-likeness (QED) is 0.164. The molecule has 2 heterocycles. The van der Waals surface area contributed by atoms with Crippen LogP contribution in [0.1, 0.15) is 39.8 Å². The Hall–Kier alpha value is -5.69. The lowest BCUT2D eigenvalue weighted by Gasteiger charge is -2.22. The van der Waals surface area contributed by atoms with Gasteiger partial charge in [0, 0.05) is 17.7 Å². The van der Waals surface area contributed by atoms with E-state index in [-0.39, 0.29) is 30.2 Å². The summed E-state index contributed by atoms with van der Waals surface area (Å²) in [6.07, 6.45) is 0.513. The fourth-order valence-corrected chi connectivity index (χ4v) is 6.16. The van der Waals surface area contributed by atoms with Gasteiger partial charge in [0.1, 0.15) is 23.1 Å². The van der Waals surface area contributed by atoms with E-state index in [9.17, 15) is 14.0 Å². The Morgan fingerprint density at radius 1 is 0.816 bits per heavy atom. The molecule has 4 aromatic carbocycles. The molecule has 0 fully saturated rings. The number of nitrogens with one attached hydrogen (secondary N) is 1. The first-order valence-corrected chi connectivity index (χ1v) is 16.3. The van der Waals surface area contributed by atoms with Crippen LogP contribution in [0.5, 0.6) is 17.2 Å². The van der Waals surface area contributed by atoms with Crippen LogP contribution in [0.25, 0.3) is 5.69 Å². The number of carbonyl (C=O) groups excluding carboxylic acids is 2. The van der Waals surface area contributed by atoms with Crippen LogP contribution in [0.2, 0.25) is 0 Å². The summed E-state index contributed by atoms with van der Waals surface area (Å²) in [5, 5.41) is 18.2. The second-order valence-electron chi connectivity index (χ2n) is 10.9. The number of thioether (sulfide) groups is 1. The Kier molecular flexibility index (Phi) is 10.2. The molecule has 1 aliphatic rings. The van der Waals surface area contributed by atoms with Gasteiger partial charge in [-0.15, -0.1) is 10.2 Å². The van der Waals surface area contributed by atoms with Gasteiger partial charge in [0.05, 0.1) is 45.4 Å². The Morgan fingerprint density at radius 3 is 2.02 bits per heavy atom. The molecule has 250 valence electrons. The summed E-state index contributed by atoms with van der Waals surface area (Å²) in [4.78, 5) is 26.8. The van der Waals surface area contributed by atoms with Crippen LogP contribution in [0.3, 0.4) is 0 Å². The molecule has 0 bridgehead atoms. The molecule has 13 heteroatoms. The third-order valence-corrected chi connectivity index (χ3v) is 8.87. The van der Waals surface area contributed by atoms with E-state index in [2.05, 4.69) is 15.5 Å². The fraction of sp³-hybridized carbons (Fsp3) is 0.194. The van der Waals surface area contributed by atoms with Gasteiger partial charge in [-0.1, -0.05) is 23.9 Å². The van der Waals surface area contributed by atoms with Crippen LogP contribution < -0.4 is 19.5 Å². The van der Waals surface area contributed by atoms with E-state index < -0.39 is 5.82 Å². The molecule has 6 rings (SSSR count). The highest BCUT2D eigenvalue weighted by Crippen LogP contribution is 2.35. The number of aromatic nitrogens is 3. The van der Waals surface area contributed by atoms with Gasteiger partial charge in [0.15, 0.2) is 11.0 Å². The third kappa shape index (κ3) is 7.57. The number of methoxy groups -OCH3 is 3. The molecule has 1 atom stereocenters. The molecule has 1 aromatic heterocycles. The Morgan fingerprint density at radius 2 is 1.41 bits per heavy atom. The first-order valence-electron chi connectivity index (χ1n) is 15.3. The predicted octanol–water partition coefficient (Wildman–Crippen LogP) is 5.83. The Labute approximate surface area is 286 Å². The Bertz CT molecular complexity index is 1950. The minimum atomic E-state index is -0.403. The maximum Gasteiger partial charge on any atom is 0.253 e. The number of hydrazone groups is 1. The molecule has 0 saturated carbocycles. The summed E-state index contributed by atoms with van der Waals surface area (Å²) in [6.45, 7) is 0.0327. The molecule has 1 unspecified atom stereocenters. The lowest BCUT2D eigenvalue weighted by molar-refractivity contribution is -0.130. The number of ether oxygens (including phenoxy) is 3. The number of benzene rings is 4. The lowest BCUT2D eigenvalue weighted by atomic mass is 9.98. The van der Waals surface area contributed by atoms with Gasteiger partial charge in [-0.2, -0.15) is 5.10 Å². The second-order valence-corrected chi connectivity index (χ2v) is 11.9. The van der Waals surface area contributed by atoms with Crippen molar-refractivity contribution in [3.63, 3.8) is 0 Å². The number of nitrogens with zero attached hydrogens (tertiary/aromatic N) is 5. The third-order valence-electron chi connectivity index (χ3n) is 7.96. The average Bonchev–Trinajstić information content (AvgIpc) is 3.78. The number of halogens is 1. The summed E-state index contributed by atoms with van der Waals surface area (Å²) in [5.74, 6) is 1.51. The van der Waals surface area contributed by atoms with Crippen molar-refractivity contribution in [2.45, 2.75) is 24.2 Å². The lowest BCUT2D eigenvalue weighted by Crippen LogP contribution is -2.28. The molecular weight excluding hydrogens is 647 g/mol. The number of hydrogen-bond acceptors (Lipinski definition) is 9. The molecule has 11 nitrogen and oxygen atoms in total. The molecule has 1 aliphatic heterocycles. The van der Waals surface area contributed by atoms with E-state index in [1.165, 1.54) is 28.9 Å². The van der Waals surface area contributed by atoms with Crippen molar-refractivity contribution in [3.05, 3.63) is 125 Å². The van der Waals surface area contributed by atoms with Crippen molar-refractivity contribution in [3.8, 4) is 22.9 Å². The number of amides is 2. The van der Waals surface area contributed by atoms with Gasteiger partial charge in [0.2, 0.25) is 0 Å². The van der Waals surface area contributed by atoms with Crippen LogP contribution in [-0.4, -0.2) is 64.4 Å². The summed E-state index contributed by atoms with van der Waals surface area (Å²) in [6, 6.07) is 27.4. The minimum Gasteiger partial charge on any atom is -0.497 e. The van der Waals surface area contributed by atoms with Crippen molar-refractivity contribution in [1.29, 1.82) is 0 Å². The maximum absolute atomic E-state index is 13.9. The largest absolute Gasteiger partial charge is 0.497 e. The van der Waals surface area contributed by atoms with E-state index >= 15 is 0 Å². The normalized spacial score (nSPS) is 13.9. The van der Waals surface area contributed by atoms with E-state index in [4.69, 9.17) is 19.3 Å². The van der Waals surface area contributed by atoms with Gasteiger partial charge < -0.3 is 19.5 Å². The molecule has 49 heavy (non-hydrogen) atoms. The average molecular weight is 681 g/mol. The standard InChI is InChI=1S/C36H33FN6O5S/c1-46-28-14-4-23(5-15-28)31-20-32(24-6-16-29(47-2)17-7-24)43(41-31)34(44)22-49-36-40-39-33(42(36)27-12-10-26(37)11-13-27)21-38-35(45)25-8-18-30(48-3)19-9-25/h4-19,32H,20-22H2,1-3H3,(H,38,45). The van der Waals surface area contributed by atoms with Crippen LogP contribution in [0, 0.1) is 5.82 Å². The number of rotatable bonds is 12. The van der Waals surface area contributed by atoms with Crippen LogP contribution in [0.15, 0.2) is 107 Å². The smallest absolute Gasteiger partial charge is 0.253 e. The Balaban J connectivity index is 1.23. The molecule has 0 aliphatic carbocycles. The van der Waals surface area contributed by atoms with E-state index in [0.29, 0.717) is 40.2 Å². The van der Waals surface area contributed by atoms with Crippen molar-refractivity contribution in [2.75, 3.05) is 27.1 Å². The summed E-state index contributed by atoms with van der Waals surface area (Å²) < 4.78 is 31.4. The summed E-state index contributed by atoms with van der Waals surface area (Å²) >= 11 is 1.17. The molecular formula is C36H33FN6O5S. The van der Waals surface area contributed by atoms with Crippen molar-refractivity contribution < 1.29 is 28.2 Å². The number of hydrogen-bond donors (Lipinski definition) is 1. The van der Waals surface area contributed by atoms with Gasteiger partial charge in [0.25, 0.3) is 11.8 Å².